The number of rotatable bonds is 4. The largest absolute Gasteiger partial charge is 0.338 e. The normalized spacial score (nSPS) is 18.2. The second-order valence-corrected chi connectivity index (χ2v) is 6.89. The fraction of sp³-hybridized carbons (Fsp3) is 0.471. The molecule has 23 heavy (non-hydrogen) atoms. The van der Waals surface area contributed by atoms with Crippen molar-refractivity contribution in [1.29, 1.82) is 0 Å². The summed E-state index contributed by atoms with van der Waals surface area (Å²) in [6.07, 6.45) is 5.86. The minimum absolute atomic E-state index is 0.125. The van der Waals surface area contributed by atoms with E-state index in [4.69, 9.17) is 0 Å². The Balaban J connectivity index is 1.74. The predicted molar refractivity (Wildman–Crippen MR) is 92.5 cm³/mol. The molecule has 122 valence electrons. The fourth-order valence-corrected chi connectivity index (χ4v) is 3.69. The number of aryl methyl sites for hydroxylation is 1. The van der Waals surface area contributed by atoms with Crippen molar-refractivity contribution in [2.75, 3.05) is 19.3 Å². The first kappa shape index (κ1) is 16.1. The molecule has 1 aliphatic rings. The zero-order valence-electron chi connectivity index (χ0n) is 13.6. The average molecular weight is 330 g/mol. The van der Waals surface area contributed by atoms with Gasteiger partial charge in [0.15, 0.2) is 0 Å². The molecule has 1 unspecified atom stereocenters. The van der Waals surface area contributed by atoms with Crippen LogP contribution in [-0.2, 0) is 12.8 Å². The van der Waals surface area contributed by atoms with Crippen LogP contribution < -0.4 is 0 Å². The molecule has 0 radical (unpaired) electrons. The van der Waals surface area contributed by atoms with Gasteiger partial charge in [-0.3, -0.25) is 4.79 Å². The first-order valence-electron chi connectivity index (χ1n) is 7.90. The number of likely N-dealkylation sites (tertiary alicyclic amines) is 1. The van der Waals surface area contributed by atoms with Crippen LogP contribution in [0.25, 0.3) is 0 Å². The SMILES string of the molecule is CSCc1cccc(C(=O)N2CCCC(c3nncn3C)C2)c1. The smallest absolute Gasteiger partial charge is 0.253 e. The molecule has 3 rings (SSSR count). The molecule has 1 aliphatic heterocycles. The van der Waals surface area contributed by atoms with Crippen LogP contribution in [0.4, 0.5) is 0 Å². The van der Waals surface area contributed by atoms with E-state index in [1.54, 1.807) is 18.1 Å². The third-order valence-electron chi connectivity index (χ3n) is 4.31. The van der Waals surface area contributed by atoms with Gasteiger partial charge in [0.25, 0.3) is 5.91 Å². The Kier molecular flexibility index (Phi) is 5.00. The Morgan fingerprint density at radius 3 is 3.04 bits per heavy atom. The third kappa shape index (κ3) is 3.58. The summed E-state index contributed by atoms with van der Waals surface area (Å²) in [6.45, 7) is 1.54. The summed E-state index contributed by atoms with van der Waals surface area (Å²) in [4.78, 5) is 14.8. The minimum Gasteiger partial charge on any atom is -0.338 e. The molecule has 1 saturated heterocycles. The number of hydrogen-bond donors (Lipinski definition) is 0. The summed E-state index contributed by atoms with van der Waals surface area (Å²) in [6, 6.07) is 7.98. The number of piperidine rings is 1. The highest BCUT2D eigenvalue weighted by atomic mass is 32.2. The Hall–Kier alpha value is -1.82. The van der Waals surface area contributed by atoms with E-state index in [9.17, 15) is 4.79 Å². The minimum atomic E-state index is 0.125. The molecule has 1 amide bonds. The lowest BCUT2D eigenvalue weighted by atomic mass is 9.96. The van der Waals surface area contributed by atoms with Crippen LogP contribution in [0, 0.1) is 0 Å². The van der Waals surface area contributed by atoms with Crippen LogP contribution in [0.15, 0.2) is 30.6 Å². The lowest BCUT2D eigenvalue weighted by Gasteiger charge is -2.32. The van der Waals surface area contributed by atoms with E-state index < -0.39 is 0 Å². The average Bonchev–Trinajstić information content (AvgIpc) is 3.01. The van der Waals surface area contributed by atoms with Crippen molar-refractivity contribution < 1.29 is 4.79 Å². The van der Waals surface area contributed by atoms with Crippen molar-refractivity contribution in [3.63, 3.8) is 0 Å². The van der Waals surface area contributed by atoms with E-state index in [1.807, 2.05) is 34.7 Å². The van der Waals surface area contributed by atoms with E-state index in [-0.39, 0.29) is 11.8 Å². The van der Waals surface area contributed by atoms with Gasteiger partial charge in [-0.05, 0) is 36.8 Å². The van der Waals surface area contributed by atoms with E-state index in [1.165, 1.54) is 5.56 Å². The summed E-state index contributed by atoms with van der Waals surface area (Å²) < 4.78 is 1.96. The molecule has 5 nitrogen and oxygen atoms in total. The molecule has 6 heteroatoms. The van der Waals surface area contributed by atoms with Crippen LogP contribution in [0.1, 0.15) is 40.5 Å². The number of carbonyl (C=O) groups excluding carboxylic acids is 1. The van der Waals surface area contributed by atoms with Crippen molar-refractivity contribution in [2.24, 2.45) is 7.05 Å². The van der Waals surface area contributed by atoms with Crippen LogP contribution >= 0.6 is 11.8 Å². The number of hydrogen-bond acceptors (Lipinski definition) is 4. The topological polar surface area (TPSA) is 51.0 Å². The lowest BCUT2D eigenvalue weighted by molar-refractivity contribution is 0.0703. The molecule has 0 saturated carbocycles. The van der Waals surface area contributed by atoms with E-state index >= 15 is 0 Å². The van der Waals surface area contributed by atoms with Gasteiger partial charge in [0.2, 0.25) is 0 Å². The van der Waals surface area contributed by atoms with Crippen molar-refractivity contribution in [3.05, 3.63) is 47.5 Å². The number of aromatic nitrogens is 3. The molecule has 2 heterocycles. The molecule has 2 aromatic rings. The summed E-state index contributed by atoms with van der Waals surface area (Å²) in [5, 5.41) is 8.18. The van der Waals surface area contributed by atoms with Gasteiger partial charge >= 0.3 is 0 Å². The van der Waals surface area contributed by atoms with Gasteiger partial charge < -0.3 is 9.47 Å². The first-order valence-corrected chi connectivity index (χ1v) is 9.29. The van der Waals surface area contributed by atoms with E-state index in [2.05, 4.69) is 22.5 Å². The van der Waals surface area contributed by atoms with Crippen molar-refractivity contribution >= 4 is 17.7 Å². The van der Waals surface area contributed by atoms with Crippen LogP contribution in [-0.4, -0.2) is 44.9 Å². The predicted octanol–water partition coefficient (Wildman–Crippen LogP) is 2.70. The Morgan fingerprint density at radius 2 is 2.30 bits per heavy atom. The molecule has 1 aromatic carbocycles. The van der Waals surface area contributed by atoms with Gasteiger partial charge in [-0.15, -0.1) is 10.2 Å². The van der Waals surface area contributed by atoms with E-state index in [0.717, 1.165) is 43.1 Å². The first-order chi connectivity index (χ1) is 11.2. The Bertz CT molecular complexity index is 685. The zero-order chi connectivity index (χ0) is 16.2. The number of thioether (sulfide) groups is 1. The third-order valence-corrected chi connectivity index (χ3v) is 4.93. The molecule has 0 N–H and O–H groups in total. The number of carbonyl (C=O) groups is 1. The highest BCUT2D eigenvalue weighted by Crippen LogP contribution is 2.26. The molecule has 0 spiro atoms. The van der Waals surface area contributed by atoms with Gasteiger partial charge in [0.05, 0.1) is 0 Å². The molecule has 0 aliphatic carbocycles. The second-order valence-electron chi connectivity index (χ2n) is 6.02. The Morgan fingerprint density at radius 1 is 1.43 bits per heavy atom. The van der Waals surface area contributed by atoms with Crippen LogP contribution in [0.5, 0.6) is 0 Å². The molecule has 0 bridgehead atoms. The molecule has 1 fully saturated rings. The summed E-state index contributed by atoms with van der Waals surface area (Å²) >= 11 is 1.77. The lowest BCUT2D eigenvalue weighted by Crippen LogP contribution is -2.39. The van der Waals surface area contributed by atoms with Crippen molar-refractivity contribution in [1.82, 2.24) is 19.7 Å². The maximum atomic E-state index is 12.8. The van der Waals surface area contributed by atoms with Crippen molar-refractivity contribution in [2.45, 2.75) is 24.5 Å². The number of amides is 1. The van der Waals surface area contributed by atoms with Gasteiger partial charge in [-0.25, -0.2) is 0 Å². The standard InChI is InChI=1S/C17H22N4OS/c1-20-12-18-19-16(20)15-7-4-8-21(10-15)17(22)14-6-3-5-13(9-14)11-23-2/h3,5-6,9,12,15H,4,7-8,10-11H2,1-2H3. The maximum absolute atomic E-state index is 12.8. The number of nitrogens with zero attached hydrogens (tertiary/aromatic N) is 4. The molecular formula is C17H22N4OS. The summed E-state index contributed by atoms with van der Waals surface area (Å²) in [5.41, 5.74) is 1.99. The highest BCUT2D eigenvalue weighted by Gasteiger charge is 2.28. The van der Waals surface area contributed by atoms with Gasteiger partial charge in [-0.2, -0.15) is 11.8 Å². The summed E-state index contributed by atoms with van der Waals surface area (Å²) in [5.74, 6) is 2.30. The summed E-state index contributed by atoms with van der Waals surface area (Å²) in [7, 11) is 1.96. The zero-order valence-corrected chi connectivity index (χ0v) is 14.4. The second kappa shape index (κ2) is 7.17. The van der Waals surface area contributed by atoms with Crippen molar-refractivity contribution in [3.8, 4) is 0 Å². The van der Waals surface area contributed by atoms with Gasteiger partial charge in [0.1, 0.15) is 12.2 Å². The molecular weight excluding hydrogens is 308 g/mol. The van der Waals surface area contributed by atoms with E-state index in [0.29, 0.717) is 0 Å². The maximum Gasteiger partial charge on any atom is 0.253 e. The fourth-order valence-electron chi connectivity index (χ4n) is 3.18. The number of benzene rings is 1. The highest BCUT2D eigenvalue weighted by molar-refractivity contribution is 7.97. The quantitative estimate of drug-likeness (QED) is 0.865. The van der Waals surface area contributed by atoms with Crippen LogP contribution in [0.2, 0.25) is 0 Å². The monoisotopic (exact) mass is 330 g/mol. The molecule has 1 aromatic heterocycles. The van der Waals surface area contributed by atoms with Gasteiger partial charge in [0, 0.05) is 37.4 Å². The molecule has 1 atom stereocenters. The van der Waals surface area contributed by atoms with Gasteiger partial charge in [-0.1, -0.05) is 12.1 Å². The van der Waals surface area contributed by atoms with Crippen LogP contribution in [0.3, 0.4) is 0 Å². The Labute approximate surface area is 141 Å².